The number of aryl methyl sites for hydroxylation is 1. The van der Waals surface area contributed by atoms with Crippen LogP contribution in [0.25, 0.3) is 11.0 Å². The van der Waals surface area contributed by atoms with Gasteiger partial charge in [-0.1, -0.05) is 34.6 Å². The summed E-state index contributed by atoms with van der Waals surface area (Å²) in [6.45, 7) is 14.4. The minimum absolute atomic E-state index is 0.142. The van der Waals surface area contributed by atoms with Crippen molar-refractivity contribution in [1.29, 1.82) is 0 Å². The molecular weight excluding hydrogens is 596 g/mol. The van der Waals surface area contributed by atoms with Crippen LogP contribution in [0.3, 0.4) is 0 Å². The van der Waals surface area contributed by atoms with Gasteiger partial charge in [-0.2, -0.15) is 0 Å². The van der Waals surface area contributed by atoms with Gasteiger partial charge in [-0.25, -0.2) is 9.59 Å². The fraction of sp³-hybridized carbons (Fsp3) is 0.629. The van der Waals surface area contributed by atoms with Gasteiger partial charge in [-0.05, 0) is 58.6 Å². The summed E-state index contributed by atoms with van der Waals surface area (Å²) in [5, 5.41) is 0.232. The molecule has 0 amide bonds. The first kappa shape index (κ1) is 30.7. The number of esters is 4. The summed E-state index contributed by atoms with van der Waals surface area (Å²) in [5.41, 5.74) is -6.61. The standard InChI is InChI=1S/C35H40O11/c1-9-18-16-20(36)19-10-11-21-22(24(19)42-18)25(44-29(40)35-15-13-33(8,27(38)46-35)31(35,5)6)23(17(2)41-21)43-28(39)34-14-12-32(7,26(37)45-34)30(34,3)4/h10-11,16-17,23,25H,9,12-15H2,1-8H3/t17-,23-,25+,32-,33-,34+,35+/m0/s1. The van der Waals surface area contributed by atoms with Crippen molar-refractivity contribution in [2.75, 3.05) is 0 Å². The van der Waals surface area contributed by atoms with Crippen LogP contribution in [-0.4, -0.2) is 47.3 Å². The Bertz CT molecular complexity index is 1800. The van der Waals surface area contributed by atoms with Gasteiger partial charge in [0.1, 0.15) is 23.2 Å². The van der Waals surface area contributed by atoms with Crippen molar-refractivity contribution in [1.82, 2.24) is 0 Å². The summed E-state index contributed by atoms with van der Waals surface area (Å²) >= 11 is 0. The van der Waals surface area contributed by atoms with E-state index in [0.717, 1.165) is 0 Å². The number of hydrogen-bond donors (Lipinski definition) is 0. The first-order valence-corrected chi connectivity index (χ1v) is 16.1. The molecule has 5 aliphatic rings. The Labute approximate surface area is 266 Å². The number of benzene rings is 1. The third-order valence-electron chi connectivity index (χ3n) is 13.0. The van der Waals surface area contributed by atoms with Crippen LogP contribution in [0.5, 0.6) is 5.75 Å². The molecule has 11 nitrogen and oxygen atoms in total. The van der Waals surface area contributed by atoms with Crippen molar-refractivity contribution in [3.8, 4) is 5.75 Å². The largest absolute Gasteiger partial charge is 0.486 e. The van der Waals surface area contributed by atoms with E-state index in [1.165, 1.54) is 6.07 Å². The normalized spacial score (nSPS) is 37.8. The first-order valence-electron chi connectivity index (χ1n) is 16.1. The highest BCUT2D eigenvalue weighted by atomic mass is 16.7. The Kier molecular flexibility index (Phi) is 6.10. The topological polar surface area (TPSA) is 145 Å². The molecule has 2 aromatic rings. The smallest absolute Gasteiger partial charge is 0.351 e. The number of fused-ring (bicyclic) bond motifs is 7. The van der Waals surface area contributed by atoms with Crippen LogP contribution >= 0.6 is 0 Å². The molecule has 3 aliphatic heterocycles. The molecule has 1 aromatic heterocycles. The number of carbonyl (C=O) groups excluding carboxylic acids is 4. The minimum atomic E-state index is -1.58. The van der Waals surface area contributed by atoms with Crippen LogP contribution in [0.4, 0.5) is 0 Å². The second-order valence-electron chi connectivity index (χ2n) is 15.2. The van der Waals surface area contributed by atoms with Crippen molar-refractivity contribution in [2.45, 2.75) is 117 Å². The average molecular weight is 637 g/mol. The maximum Gasteiger partial charge on any atom is 0.351 e. The summed E-state index contributed by atoms with van der Waals surface area (Å²) in [6.07, 6.45) is -1.58. The summed E-state index contributed by atoms with van der Waals surface area (Å²) < 4.78 is 36.6. The van der Waals surface area contributed by atoms with Gasteiger partial charge in [0, 0.05) is 23.3 Å². The van der Waals surface area contributed by atoms with Crippen LogP contribution in [0, 0.1) is 21.7 Å². The van der Waals surface area contributed by atoms with E-state index in [9.17, 15) is 24.0 Å². The van der Waals surface area contributed by atoms with Gasteiger partial charge in [0.2, 0.25) is 11.2 Å². The molecule has 2 aliphatic carbocycles. The fourth-order valence-corrected chi connectivity index (χ4v) is 8.61. The van der Waals surface area contributed by atoms with E-state index in [1.807, 2.05) is 34.6 Å². The third-order valence-corrected chi connectivity index (χ3v) is 13.0. The average Bonchev–Trinajstić information content (AvgIpc) is 3.46. The number of hydrogen-bond acceptors (Lipinski definition) is 11. The number of rotatable bonds is 5. The highest BCUT2D eigenvalue weighted by Crippen LogP contribution is 2.67. The van der Waals surface area contributed by atoms with Crippen LogP contribution < -0.4 is 10.2 Å². The Hall–Kier alpha value is -3.89. The Balaban J connectivity index is 1.35. The lowest BCUT2D eigenvalue weighted by atomic mass is 9.66. The van der Waals surface area contributed by atoms with Gasteiger partial charge in [-0.3, -0.25) is 14.4 Å². The summed E-state index contributed by atoms with van der Waals surface area (Å²) in [6, 6.07) is 4.59. The van der Waals surface area contributed by atoms with E-state index in [1.54, 1.807) is 32.9 Å². The van der Waals surface area contributed by atoms with Gasteiger partial charge in [-0.15, -0.1) is 0 Å². The van der Waals surface area contributed by atoms with E-state index in [2.05, 4.69) is 0 Å². The molecule has 2 saturated heterocycles. The molecule has 0 N–H and O–H groups in total. The second-order valence-corrected chi connectivity index (χ2v) is 15.2. The van der Waals surface area contributed by atoms with Gasteiger partial charge in [0.15, 0.2) is 17.6 Å². The predicted octanol–water partition coefficient (Wildman–Crippen LogP) is 4.88. The highest BCUT2D eigenvalue weighted by Gasteiger charge is 2.78. The molecular formula is C35H40O11. The van der Waals surface area contributed by atoms with Gasteiger partial charge >= 0.3 is 23.9 Å². The van der Waals surface area contributed by atoms with Crippen molar-refractivity contribution in [3.05, 3.63) is 39.7 Å². The molecule has 246 valence electrons. The lowest BCUT2D eigenvalue weighted by Gasteiger charge is -2.41. The lowest BCUT2D eigenvalue weighted by Crippen LogP contribution is -2.54. The van der Waals surface area contributed by atoms with E-state index in [0.29, 0.717) is 25.0 Å². The molecule has 11 heteroatoms. The third kappa shape index (κ3) is 3.36. The number of ether oxygens (including phenoxy) is 5. The van der Waals surface area contributed by atoms with Crippen molar-refractivity contribution in [3.63, 3.8) is 0 Å². The molecule has 1 aromatic carbocycles. The maximum atomic E-state index is 14.4. The molecule has 4 fully saturated rings. The zero-order valence-corrected chi connectivity index (χ0v) is 27.5. The van der Waals surface area contributed by atoms with Gasteiger partial charge in [0.25, 0.3) is 0 Å². The van der Waals surface area contributed by atoms with Gasteiger partial charge < -0.3 is 28.1 Å². The molecule has 46 heavy (non-hydrogen) atoms. The summed E-state index contributed by atoms with van der Waals surface area (Å²) in [7, 11) is 0. The molecule has 0 radical (unpaired) electrons. The van der Waals surface area contributed by atoms with Gasteiger partial charge in [0.05, 0.1) is 21.8 Å². The maximum absolute atomic E-state index is 14.4. The zero-order valence-electron chi connectivity index (χ0n) is 27.5. The van der Waals surface area contributed by atoms with Crippen molar-refractivity contribution >= 4 is 34.8 Å². The first-order chi connectivity index (χ1) is 21.4. The monoisotopic (exact) mass is 636 g/mol. The molecule has 4 heterocycles. The molecule has 4 bridgehead atoms. The van der Waals surface area contributed by atoms with Crippen LogP contribution in [0.2, 0.25) is 0 Å². The Morgan fingerprint density at radius 1 is 0.826 bits per heavy atom. The molecule has 7 rings (SSSR count). The molecule has 7 atom stereocenters. The molecule has 2 saturated carbocycles. The van der Waals surface area contributed by atoms with Crippen molar-refractivity contribution in [2.24, 2.45) is 21.7 Å². The molecule has 0 spiro atoms. The van der Waals surface area contributed by atoms with E-state index in [-0.39, 0.29) is 40.6 Å². The Morgan fingerprint density at radius 3 is 1.85 bits per heavy atom. The van der Waals surface area contributed by atoms with Crippen LogP contribution in [0.1, 0.15) is 98.5 Å². The summed E-state index contributed by atoms with van der Waals surface area (Å²) in [5.74, 6) is -1.80. The van der Waals surface area contributed by atoms with E-state index < -0.39 is 75.1 Å². The zero-order chi connectivity index (χ0) is 33.4. The summed E-state index contributed by atoms with van der Waals surface area (Å²) in [4.78, 5) is 67.8. The number of carbonyl (C=O) groups is 4. The lowest BCUT2D eigenvalue weighted by molar-refractivity contribution is -0.209. The van der Waals surface area contributed by atoms with E-state index >= 15 is 0 Å². The Morgan fingerprint density at radius 2 is 1.37 bits per heavy atom. The van der Waals surface area contributed by atoms with Crippen LogP contribution in [0.15, 0.2) is 27.4 Å². The predicted molar refractivity (Wildman–Crippen MR) is 161 cm³/mol. The van der Waals surface area contributed by atoms with Crippen molar-refractivity contribution < 1.29 is 47.3 Å². The van der Waals surface area contributed by atoms with Crippen LogP contribution in [-0.2, 0) is 44.5 Å². The van der Waals surface area contributed by atoms with E-state index in [4.69, 9.17) is 28.1 Å². The molecule has 0 unspecified atom stereocenters. The fourth-order valence-electron chi connectivity index (χ4n) is 8.61. The quantitative estimate of drug-likeness (QED) is 0.327. The minimum Gasteiger partial charge on any atom is -0.486 e. The second kappa shape index (κ2) is 9.13. The SMILES string of the molecule is CCc1cc(=O)c2ccc3c(c2o1)[C@@H](OC(=O)[C@@]12CC[C@@](C)(C(=O)O1)C2(C)C)[C@@H](OC(=O)[C@@]12CC[C@@](C)(C(=O)O1)C2(C)C)[C@H](C)O3. The highest BCUT2D eigenvalue weighted by molar-refractivity contribution is 5.95.